The first-order valence-electron chi connectivity index (χ1n) is 7.79. The fourth-order valence-corrected chi connectivity index (χ4v) is 2.95. The van der Waals surface area contributed by atoms with Crippen LogP contribution in [-0.4, -0.2) is 53.3 Å². The van der Waals surface area contributed by atoms with Gasteiger partial charge in [0.25, 0.3) is 0 Å². The number of amides is 1. The summed E-state index contributed by atoms with van der Waals surface area (Å²) < 4.78 is 1.71. The van der Waals surface area contributed by atoms with Crippen molar-refractivity contribution in [2.75, 3.05) is 26.7 Å². The molecule has 21 heavy (non-hydrogen) atoms. The molecule has 1 aliphatic heterocycles. The SMILES string of the molecule is CNC(C(=O)NCCN1CCCCC1C)c1cnn(C)c1. The molecule has 0 aromatic carbocycles. The second-order valence-electron chi connectivity index (χ2n) is 5.84. The Kier molecular flexibility index (Phi) is 5.76. The molecular formula is C15H27N5O. The highest BCUT2D eigenvalue weighted by atomic mass is 16.2. The zero-order valence-corrected chi connectivity index (χ0v) is 13.3. The summed E-state index contributed by atoms with van der Waals surface area (Å²) in [6, 6.07) is 0.298. The second kappa shape index (κ2) is 7.56. The minimum absolute atomic E-state index is 0.00941. The maximum Gasteiger partial charge on any atom is 0.241 e. The first-order valence-corrected chi connectivity index (χ1v) is 7.79. The number of hydrogen-bond donors (Lipinski definition) is 2. The van der Waals surface area contributed by atoms with Gasteiger partial charge < -0.3 is 10.6 Å². The van der Waals surface area contributed by atoms with Crippen LogP contribution in [-0.2, 0) is 11.8 Å². The number of piperidine rings is 1. The first-order chi connectivity index (χ1) is 10.1. The van der Waals surface area contributed by atoms with Gasteiger partial charge in [-0.15, -0.1) is 0 Å². The van der Waals surface area contributed by atoms with Gasteiger partial charge in [-0.3, -0.25) is 14.4 Å². The van der Waals surface area contributed by atoms with Gasteiger partial charge in [0.2, 0.25) is 5.91 Å². The van der Waals surface area contributed by atoms with Crippen LogP contribution in [0.3, 0.4) is 0 Å². The van der Waals surface area contributed by atoms with Gasteiger partial charge in [-0.25, -0.2) is 0 Å². The Hall–Kier alpha value is -1.40. The van der Waals surface area contributed by atoms with E-state index in [2.05, 4.69) is 27.6 Å². The van der Waals surface area contributed by atoms with E-state index in [-0.39, 0.29) is 11.9 Å². The number of nitrogens with one attached hydrogen (secondary N) is 2. The quantitative estimate of drug-likeness (QED) is 0.809. The van der Waals surface area contributed by atoms with Crippen LogP contribution in [0, 0.1) is 0 Å². The van der Waals surface area contributed by atoms with Crippen LogP contribution in [0.25, 0.3) is 0 Å². The summed E-state index contributed by atoms with van der Waals surface area (Å²) in [7, 11) is 3.65. The second-order valence-corrected chi connectivity index (χ2v) is 5.84. The summed E-state index contributed by atoms with van der Waals surface area (Å²) in [4.78, 5) is 14.7. The lowest BCUT2D eigenvalue weighted by Gasteiger charge is -2.33. The fraction of sp³-hybridized carbons (Fsp3) is 0.733. The summed E-state index contributed by atoms with van der Waals surface area (Å²) in [6.07, 6.45) is 7.46. The average molecular weight is 293 g/mol. The van der Waals surface area contributed by atoms with Gasteiger partial charge >= 0.3 is 0 Å². The third-order valence-electron chi connectivity index (χ3n) is 4.25. The van der Waals surface area contributed by atoms with Gasteiger partial charge in [-0.05, 0) is 33.4 Å². The molecule has 2 atom stereocenters. The molecule has 2 rings (SSSR count). The Morgan fingerprint density at radius 1 is 1.52 bits per heavy atom. The van der Waals surface area contributed by atoms with Crippen LogP contribution >= 0.6 is 0 Å². The molecule has 0 bridgehead atoms. The fourth-order valence-electron chi connectivity index (χ4n) is 2.95. The summed E-state index contributed by atoms with van der Waals surface area (Å²) in [6.45, 7) is 5.04. The molecule has 1 fully saturated rings. The van der Waals surface area contributed by atoms with Crippen molar-refractivity contribution in [3.8, 4) is 0 Å². The van der Waals surface area contributed by atoms with E-state index < -0.39 is 0 Å². The van der Waals surface area contributed by atoms with Crippen molar-refractivity contribution in [3.05, 3.63) is 18.0 Å². The zero-order valence-electron chi connectivity index (χ0n) is 13.3. The van der Waals surface area contributed by atoms with E-state index in [9.17, 15) is 4.79 Å². The molecule has 0 aliphatic carbocycles. The predicted octanol–water partition coefficient (Wildman–Crippen LogP) is 0.671. The largest absolute Gasteiger partial charge is 0.353 e. The standard InChI is InChI=1S/C15H27N5O/c1-12-6-4-5-8-20(12)9-7-17-15(21)14(16-2)13-10-18-19(3)11-13/h10-12,14,16H,4-9H2,1-3H3,(H,17,21). The number of carbonyl (C=O) groups excluding carboxylic acids is 1. The number of aromatic nitrogens is 2. The zero-order chi connectivity index (χ0) is 15.2. The molecule has 1 amide bonds. The number of carbonyl (C=O) groups is 1. The number of hydrogen-bond acceptors (Lipinski definition) is 4. The first kappa shape index (κ1) is 16.0. The van der Waals surface area contributed by atoms with E-state index in [4.69, 9.17) is 0 Å². The van der Waals surface area contributed by atoms with E-state index >= 15 is 0 Å². The molecule has 2 unspecified atom stereocenters. The molecule has 2 N–H and O–H groups in total. The maximum absolute atomic E-state index is 12.3. The highest BCUT2D eigenvalue weighted by molar-refractivity contribution is 5.82. The van der Waals surface area contributed by atoms with Crippen molar-refractivity contribution in [2.24, 2.45) is 7.05 Å². The molecule has 0 radical (unpaired) electrons. The molecule has 0 saturated carbocycles. The molecule has 0 spiro atoms. The monoisotopic (exact) mass is 293 g/mol. The molecule has 6 nitrogen and oxygen atoms in total. The van der Waals surface area contributed by atoms with Crippen LogP contribution in [0.4, 0.5) is 0 Å². The minimum Gasteiger partial charge on any atom is -0.353 e. The molecule has 1 aromatic heterocycles. The van der Waals surface area contributed by atoms with E-state index in [1.807, 2.05) is 13.2 Å². The third kappa shape index (κ3) is 4.28. The van der Waals surface area contributed by atoms with Crippen molar-refractivity contribution >= 4 is 5.91 Å². The number of likely N-dealkylation sites (tertiary alicyclic amines) is 1. The Morgan fingerprint density at radius 3 is 2.95 bits per heavy atom. The Labute approximate surface area is 126 Å². The third-order valence-corrected chi connectivity index (χ3v) is 4.25. The van der Waals surface area contributed by atoms with Crippen molar-refractivity contribution in [1.29, 1.82) is 0 Å². The van der Waals surface area contributed by atoms with Crippen molar-refractivity contribution in [1.82, 2.24) is 25.3 Å². The van der Waals surface area contributed by atoms with Crippen LogP contribution in [0.1, 0.15) is 37.8 Å². The molecular weight excluding hydrogens is 266 g/mol. The Balaban J connectivity index is 1.80. The van der Waals surface area contributed by atoms with Crippen LogP contribution in [0.15, 0.2) is 12.4 Å². The lowest BCUT2D eigenvalue weighted by molar-refractivity contribution is -0.123. The van der Waals surface area contributed by atoms with Gasteiger partial charge in [-0.2, -0.15) is 5.10 Å². The summed E-state index contributed by atoms with van der Waals surface area (Å²) >= 11 is 0. The van der Waals surface area contributed by atoms with E-state index in [1.165, 1.54) is 19.3 Å². The Bertz CT molecular complexity index is 459. The smallest absolute Gasteiger partial charge is 0.241 e. The van der Waals surface area contributed by atoms with Crippen LogP contribution in [0.2, 0.25) is 0 Å². The van der Waals surface area contributed by atoms with Crippen LogP contribution in [0.5, 0.6) is 0 Å². The number of likely N-dealkylation sites (N-methyl/N-ethyl adjacent to an activating group) is 1. The molecule has 2 heterocycles. The molecule has 1 saturated heterocycles. The summed E-state index contributed by atoms with van der Waals surface area (Å²) in [5.74, 6) is 0.00941. The molecule has 1 aliphatic rings. The van der Waals surface area contributed by atoms with Crippen LogP contribution < -0.4 is 10.6 Å². The number of nitrogens with zero attached hydrogens (tertiary/aromatic N) is 3. The van der Waals surface area contributed by atoms with Crippen molar-refractivity contribution < 1.29 is 4.79 Å². The maximum atomic E-state index is 12.3. The lowest BCUT2D eigenvalue weighted by Crippen LogP contribution is -2.44. The van der Waals surface area contributed by atoms with Gasteiger partial charge in [0.15, 0.2) is 0 Å². The Morgan fingerprint density at radius 2 is 2.33 bits per heavy atom. The summed E-state index contributed by atoms with van der Waals surface area (Å²) in [5.41, 5.74) is 0.892. The molecule has 1 aromatic rings. The van der Waals surface area contributed by atoms with Gasteiger partial charge in [0, 0.05) is 37.9 Å². The lowest BCUT2D eigenvalue weighted by atomic mass is 10.0. The van der Waals surface area contributed by atoms with Gasteiger partial charge in [0.1, 0.15) is 6.04 Å². The van der Waals surface area contributed by atoms with Crippen molar-refractivity contribution in [2.45, 2.75) is 38.3 Å². The number of rotatable bonds is 6. The van der Waals surface area contributed by atoms with E-state index in [0.29, 0.717) is 12.6 Å². The minimum atomic E-state index is -0.336. The highest BCUT2D eigenvalue weighted by Gasteiger charge is 2.21. The van der Waals surface area contributed by atoms with E-state index in [1.54, 1.807) is 17.9 Å². The topological polar surface area (TPSA) is 62.2 Å². The normalized spacial score (nSPS) is 21.2. The van der Waals surface area contributed by atoms with E-state index in [0.717, 1.165) is 18.7 Å². The number of aryl methyl sites for hydroxylation is 1. The molecule has 6 heteroatoms. The van der Waals surface area contributed by atoms with Gasteiger partial charge in [-0.1, -0.05) is 6.42 Å². The average Bonchev–Trinajstić information content (AvgIpc) is 2.88. The van der Waals surface area contributed by atoms with Crippen molar-refractivity contribution in [3.63, 3.8) is 0 Å². The molecule has 118 valence electrons. The summed E-state index contributed by atoms with van der Waals surface area (Å²) in [5, 5.41) is 10.2. The predicted molar refractivity (Wildman–Crippen MR) is 82.9 cm³/mol. The highest BCUT2D eigenvalue weighted by Crippen LogP contribution is 2.15. The van der Waals surface area contributed by atoms with Gasteiger partial charge in [0.05, 0.1) is 6.20 Å².